The van der Waals surface area contributed by atoms with Crippen LogP contribution >= 0.6 is 10.6 Å². The van der Waals surface area contributed by atoms with Crippen LogP contribution in [-0.2, 0) is 17.6 Å². The standard InChI is InChI=1S/C26H36F4N4O5S/c1-15(24(2,3)36)34-20-11-16(23(35)32-25(4)7-9-40(37,38)10-8-25)5-6-17(20)22(33-34)18-12-21(31-13-19(18)27)39-14-26(28,29)30/h12-13,15-16,36-38H,5-11,14H2,1-4H3,(H,32,35)/t15?,16-/m1/s1. The summed E-state index contributed by atoms with van der Waals surface area (Å²) in [6.07, 6.45) is -1.91. The van der Waals surface area contributed by atoms with Gasteiger partial charge in [0, 0.05) is 52.3 Å². The molecular weight excluding hydrogens is 556 g/mol. The van der Waals surface area contributed by atoms with Crippen molar-refractivity contribution in [2.24, 2.45) is 5.92 Å². The fraction of sp³-hybridized carbons (Fsp3) is 0.654. The zero-order chi connectivity index (χ0) is 29.7. The van der Waals surface area contributed by atoms with Crippen molar-refractivity contribution in [3.05, 3.63) is 29.3 Å². The van der Waals surface area contributed by atoms with Crippen LogP contribution in [0.4, 0.5) is 17.6 Å². The first-order chi connectivity index (χ1) is 18.4. The second-order valence-corrected chi connectivity index (χ2v) is 14.1. The van der Waals surface area contributed by atoms with Gasteiger partial charge in [0.15, 0.2) is 12.4 Å². The average molecular weight is 593 g/mol. The van der Waals surface area contributed by atoms with E-state index in [4.69, 9.17) is 4.74 Å². The summed E-state index contributed by atoms with van der Waals surface area (Å²) in [5.41, 5.74) is -0.410. The fourth-order valence-corrected chi connectivity index (χ4v) is 6.82. The predicted molar refractivity (Wildman–Crippen MR) is 142 cm³/mol. The molecule has 0 aromatic carbocycles. The summed E-state index contributed by atoms with van der Waals surface area (Å²) >= 11 is 0. The molecule has 40 heavy (non-hydrogen) atoms. The van der Waals surface area contributed by atoms with E-state index in [1.54, 1.807) is 25.5 Å². The number of nitrogens with zero attached hydrogens (tertiary/aromatic N) is 3. The predicted octanol–water partition coefficient (Wildman–Crippen LogP) is 4.88. The molecule has 224 valence electrons. The number of amides is 1. The van der Waals surface area contributed by atoms with E-state index >= 15 is 0 Å². The Morgan fingerprint density at radius 3 is 2.55 bits per heavy atom. The molecule has 9 nitrogen and oxygen atoms in total. The Hall–Kier alpha value is -2.42. The van der Waals surface area contributed by atoms with E-state index in [-0.39, 0.29) is 35.1 Å². The van der Waals surface area contributed by atoms with Crippen molar-refractivity contribution in [2.75, 3.05) is 18.1 Å². The van der Waals surface area contributed by atoms with E-state index in [2.05, 4.69) is 15.4 Å². The monoisotopic (exact) mass is 592 g/mol. The Labute approximate surface area is 231 Å². The second kappa shape index (κ2) is 10.8. The van der Waals surface area contributed by atoms with E-state index in [1.165, 1.54) is 0 Å². The lowest BCUT2D eigenvalue weighted by Crippen LogP contribution is -2.52. The highest BCUT2D eigenvalue weighted by molar-refractivity contribution is 8.24. The molecule has 1 aliphatic carbocycles. The van der Waals surface area contributed by atoms with E-state index < -0.39 is 58.2 Å². The maximum Gasteiger partial charge on any atom is 0.422 e. The Balaban J connectivity index is 1.65. The molecule has 2 aromatic rings. The number of hydrogen-bond acceptors (Lipinski definition) is 7. The number of rotatable bonds is 7. The SMILES string of the molecule is CC(n1nc(-c2cc(OCC(F)(F)F)ncc2F)c2c1C[C@H](C(=O)NC1(C)CCS(O)(O)CC1)CC2)C(C)(C)O. The van der Waals surface area contributed by atoms with Crippen LogP contribution in [0.5, 0.6) is 5.88 Å². The first-order valence-corrected chi connectivity index (χ1v) is 15.0. The summed E-state index contributed by atoms with van der Waals surface area (Å²) in [6.45, 7) is 5.24. The van der Waals surface area contributed by atoms with Crippen LogP contribution in [-0.4, -0.2) is 70.3 Å². The minimum Gasteiger partial charge on any atom is -0.468 e. The molecule has 1 saturated heterocycles. The maximum absolute atomic E-state index is 15.0. The summed E-state index contributed by atoms with van der Waals surface area (Å²) < 4.78 is 79.1. The van der Waals surface area contributed by atoms with Crippen molar-refractivity contribution >= 4 is 16.5 Å². The number of carbonyl (C=O) groups is 1. The van der Waals surface area contributed by atoms with Crippen LogP contribution in [0.25, 0.3) is 11.3 Å². The van der Waals surface area contributed by atoms with Crippen molar-refractivity contribution in [1.82, 2.24) is 20.1 Å². The molecule has 4 rings (SSSR count). The van der Waals surface area contributed by atoms with E-state index in [0.29, 0.717) is 36.9 Å². The van der Waals surface area contributed by atoms with Gasteiger partial charge in [-0.15, -0.1) is 0 Å². The summed E-state index contributed by atoms with van der Waals surface area (Å²) in [4.78, 5) is 17.0. The molecule has 0 saturated carbocycles. The summed E-state index contributed by atoms with van der Waals surface area (Å²) in [5, 5.41) is 18.4. The second-order valence-electron chi connectivity index (χ2n) is 11.7. The summed E-state index contributed by atoms with van der Waals surface area (Å²) in [7, 11) is -2.61. The zero-order valence-corrected chi connectivity index (χ0v) is 23.7. The van der Waals surface area contributed by atoms with Crippen LogP contribution < -0.4 is 10.1 Å². The lowest BCUT2D eigenvalue weighted by molar-refractivity contribution is -0.154. The number of fused-ring (bicyclic) bond motifs is 1. The first-order valence-electron chi connectivity index (χ1n) is 13.1. The third-order valence-electron chi connectivity index (χ3n) is 7.92. The highest BCUT2D eigenvalue weighted by Gasteiger charge is 2.39. The molecule has 0 spiro atoms. The van der Waals surface area contributed by atoms with E-state index in [0.717, 1.165) is 12.3 Å². The molecule has 14 heteroatoms. The fourth-order valence-electron chi connectivity index (χ4n) is 5.06. The minimum atomic E-state index is -4.59. The lowest BCUT2D eigenvalue weighted by Gasteiger charge is -2.45. The molecule has 1 unspecified atom stereocenters. The van der Waals surface area contributed by atoms with E-state index in [1.807, 2.05) is 6.92 Å². The highest BCUT2D eigenvalue weighted by Crippen LogP contribution is 2.47. The minimum absolute atomic E-state index is 0.0817. The normalized spacial score (nSPS) is 22.2. The van der Waals surface area contributed by atoms with Gasteiger partial charge >= 0.3 is 6.18 Å². The smallest absolute Gasteiger partial charge is 0.422 e. The Morgan fingerprint density at radius 2 is 1.95 bits per heavy atom. The van der Waals surface area contributed by atoms with Gasteiger partial charge in [0.1, 0.15) is 0 Å². The number of carbonyl (C=O) groups excluding carboxylic acids is 1. The molecule has 2 atom stereocenters. The lowest BCUT2D eigenvalue weighted by atomic mass is 9.83. The van der Waals surface area contributed by atoms with Crippen LogP contribution in [0.3, 0.4) is 0 Å². The Bertz CT molecular complexity index is 1250. The molecule has 0 radical (unpaired) electrons. The number of alkyl halides is 3. The Kier molecular flexibility index (Phi) is 8.22. The Morgan fingerprint density at radius 1 is 1.30 bits per heavy atom. The third-order valence-corrected chi connectivity index (χ3v) is 9.63. The van der Waals surface area contributed by atoms with Crippen molar-refractivity contribution < 1.29 is 41.3 Å². The van der Waals surface area contributed by atoms with Gasteiger partial charge in [-0.3, -0.25) is 18.6 Å². The van der Waals surface area contributed by atoms with Crippen molar-refractivity contribution in [3.8, 4) is 17.1 Å². The van der Waals surface area contributed by atoms with Crippen LogP contribution in [0.1, 0.15) is 64.3 Å². The van der Waals surface area contributed by atoms with Crippen molar-refractivity contribution in [2.45, 2.75) is 83.2 Å². The van der Waals surface area contributed by atoms with Gasteiger partial charge in [-0.25, -0.2) is 9.37 Å². The first kappa shape index (κ1) is 30.5. The molecule has 2 aliphatic rings. The van der Waals surface area contributed by atoms with Crippen molar-refractivity contribution in [1.29, 1.82) is 0 Å². The molecule has 1 amide bonds. The zero-order valence-electron chi connectivity index (χ0n) is 22.9. The molecule has 0 bridgehead atoms. The van der Waals surface area contributed by atoms with Crippen LogP contribution in [0.2, 0.25) is 0 Å². The third kappa shape index (κ3) is 6.89. The number of ether oxygens (including phenoxy) is 1. The van der Waals surface area contributed by atoms with Gasteiger partial charge in [-0.2, -0.15) is 28.9 Å². The number of halogens is 4. The summed E-state index contributed by atoms with van der Waals surface area (Å²) in [5.74, 6) is -1.38. The van der Waals surface area contributed by atoms with Crippen molar-refractivity contribution in [3.63, 3.8) is 0 Å². The molecule has 3 heterocycles. The molecule has 1 aliphatic heterocycles. The van der Waals surface area contributed by atoms with Gasteiger partial charge in [0.05, 0.1) is 23.5 Å². The molecule has 1 fully saturated rings. The highest BCUT2D eigenvalue weighted by atomic mass is 32.3. The molecule has 2 aromatic heterocycles. The number of aromatic nitrogens is 3. The van der Waals surface area contributed by atoms with Gasteiger partial charge in [0.25, 0.3) is 0 Å². The molecule has 4 N–H and O–H groups in total. The van der Waals surface area contributed by atoms with Gasteiger partial charge in [-0.1, -0.05) is 0 Å². The topological polar surface area (TPSA) is 130 Å². The molecular formula is C26H36F4N4O5S. The van der Waals surface area contributed by atoms with Crippen LogP contribution in [0, 0.1) is 11.7 Å². The maximum atomic E-state index is 15.0. The number of nitrogens with one attached hydrogen (secondary N) is 1. The van der Waals surface area contributed by atoms with Crippen LogP contribution in [0.15, 0.2) is 12.3 Å². The number of aliphatic hydroxyl groups is 1. The quantitative estimate of drug-likeness (QED) is 0.337. The van der Waals surface area contributed by atoms with Gasteiger partial charge in [-0.05, 0) is 53.4 Å². The number of pyridine rings is 1. The van der Waals surface area contributed by atoms with Gasteiger partial charge in [0.2, 0.25) is 11.8 Å². The van der Waals surface area contributed by atoms with Gasteiger partial charge < -0.3 is 15.2 Å². The number of hydrogen-bond donors (Lipinski definition) is 4. The average Bonchev–Trinajstić information content (AvgIpc) is 3.22. The summed E-state index contributed by atoms with van der Waals surface area (Å²) in [6, 6.07) is 0.499. The largest absolute Gasteiger partial charge is 0.468 e. The van der Waals surface area contributed by atoms with E-state index in [9.17, 15) is 36.6 Å².